The van der Waals surface area contributed by atoms with E-state index in [2.05, 4.69) is 0 Å². The lowest BCUT2D eigenvalue weighted by atomic mass is 10.00. The molecule has 2 aromatic heterocycles. The molecule has 2 heterocycles. The first kappa shape index (κ1) is 15.4. The van der Waals surface area contributed by atoms with Crippen molar-refractivity contribution in [2.45, 2.75) is 12.8 Å². The van der Waals surface area contributed by atoms with Gasteiger partial charge in [0, 0.05) is 6.42 Å². The van der Waals surface area contributed by atoms with Crippen LogP contribution in [-0.4, -0.2) is 25.1 Å². The van der Waals surface area contributed by atoms with E-state index in [1.54, 1.807) is 17.4 Å². The number of rotatable bonds is 6. The van der Waals surface area contributed by atoms with Crippen LogP contribution in [0, 0.1) is 0 Å². The average Bonchev–Trinajstić information content (AvgIpc) is 3.22. The largest absolute Gasteiger partial charge is 0.504 e. The van der Waals surface area contributed by atoms with Crippen molar-refractivity contribution < 1.29 is 23.8 Å². The molecule has 3 aromatic rings. The number of fused-ring (bicyclic) bond motifs is 1. The van der Waals surface area contributed by atoms with E-state index in [-0.39, 0.29) is 29.3 Å². The van der Waals surface area contributed by atoms with Crippen LogP contribution >= 0.6 is 11.3 Å². The van der Waals surface area contributed by atoms with Gasteiger partial charge in [0.25, 0.3) is 0 Å². The fourth-order valence-corrected chi connectivity index (χ4v) is 3.31. The number of hydrogen-bond donors (Lipinski definition) is 1. The van der Waals surface area contributed by atoms with E-state index in [0.717, 1.165) is 5.56 Å². The number of furan rings is 1. The van der Waals surface area contributed by atoms with Gasteiger partial charge in [-0.1, -0.05) is 0 Å². The van der Waals surface area contributed by atoms with Crippen molar-refractivity contribution in [2.24, 2.45) is 0 Å². The topological polar surface area (TPSA) is 68.9 Å². The van der Waals surface area contributed by atoms with Crippen LogP contribution in [-0.2, 0) is 6.42 Å². The highest BCUT2D eigenvalue weighted by Gasteiger charge is 2.27. The maximum absolute atomic E-state index is 12.7. The van der Waals surface area contributed by atoms with Crippen molar-refractivity contribution in [1.82, 2.24) is 0 Å². The number of Topliss-reactive ketones (excluding diaryl/α,β-unsaturated/α-hetero) is 1. The quantitative estimate of drug-likeness (QED) is 0.690. The van der Waals surface area contributed by atoms with Crippen molar-refractivity contribution in [2.75, 3.05) is 14.2 Å². The van der Waals surface area contributed by atoms with Crippen LogP contribution in [0.2, 0.25) is 0 Å². The zero-order valence-electron chi connectivity index (χ0n) is 12.8. The van der Waals surface area contributed by atoms with E-state index in [1.807, 2.05) is 16.8 Å². The van der Waals surface area contributed by atoms with E-state index in [1.165, 1.54) is 20.5 Å². The summed E-state index contributed by atoms with van der Waals surface area (Å²) in [6, 6.07) is 3.67. The number of thiophene rings is 1. The van der Waals surface area contributed by atoms with Crippen LogP contribution in [0.3, 0.4) is 0 Å². The van der Waals surface area contributed by atoms with Gasteiger partial charge >= 0.3 is 0 Å². The first-order valence-electron chi connectivity index (χ1n) is 7.05. The number of benzene rings is 1. The summed E-state index contributed by atoms with van der Waals surface area (Å²) in [5.74, 6) is 0.00104. The molecular formula is C17H16O5S. The van der Waals surface area contributed by atoms with Crippen molar-refractivity contribution in [3.8, 4) is 17.2 Å². The summed E-state index contributed by atoms with van der Waals surface area (Å²) in [5.41, 5.74) is 1.59. The molecule has 0 aliphatic heterocycles. The van der Waals surface area contributed by atoms with Crippen molar-refractivity contribution in [1.29, 1.82) is 0 Å². The Morgan fingerprint density at radius 2 is 2.04 bits per heavy atom. The maximum Gasteiger partial charge on any atom is 0.205 e. The number of ether oxygens (including phenoxy) is 2. The molecule has 0 spiro atoms. The Kier molecular flexibility index (Phi) is 4.25. The minimum absolute atomic E-state index is 0.133. The number of phenols is 1. The predicted octanol–water partition coefficient (Wildman–Crippen LogP) is 4.03. The SMILES string of the molecule is COc1c(C(=O)CCc2ccsc2)c(O)c(OC)c2occc12. The summed E-state index contributed by atoms with van der Waals surface area (Å²) < 4.78 is 15.9. The van der Waals surface area contributed by atoms with E-state index in [9.17, 15) is 9.90 Å². The molecule has 0 saturated carbocycles. The Morgan fingerprint density at radius 3 is 2.70 bits per heavy atom. The molecule has 0 saturated heterocycles. The molecular weight excluding hydrogens is 316 g/mol. The van der Waals surface area contributed by atoms with Gasteiger partial charge in [-0.2, -0.15) is 11.3 Å². The summed E-state index contributed by atoms with van der Waals surface area (Å²) in [6.45, 7) is 0. The maximum atomic E-state index is 12.7. The van der Waals surface area contributed by atoms with Gasteiger partial charge in [-0.3, -0.25) is 4.79 Å². The molecule has 3 rings (SSSR count). The number of aryl methyl sites for hydroxylation is 1. The standard InChI is InChI=1S/C17H16O5S/c1-20-15-11-5-7-22-16(11)17(21-2)14(19)13(15)12(18)4-3-10-6-8-23-9-10/h5-9,19H,3-4H2,1-2H3. The van der Waals surface area contributed by atoms with Crippen LogP contribution < -0.4 is 9.47 Å². The first-order chi connectivity index (χ1) is 11.2. The molecule has 5 nitrogen and oxygen atoms in total. The number of hydrogen-bond acceptors (Lipinski definition) is 6. The molecule has 0 amide bonds. The van der Waals surface area contributed by atoms with E-state index < -0.39 is 0 Å². The molecule has 0 aliphatic rings. The highest BCUT2D eigenvalue weighted by atomic mass is 32.1. The molecule has 1 N–H and O–H groups in total. The number of aromatic hydroxyl groups is 1. The van der Waals surface area contributed by atoms with Crippen LogP contribution in [0.5, 0.6) is 17.2 Å². The zero-order chi connectivity index (χ0) is 16.4. The second kappa shape index (κ2) is 6.34. The van der Waals surface area contributed by atoms with E-state index in [0.29, 0.717) is 23.1 Å². The molecule has 1 aromatic carbocycles. The van der Waals surface area contributed by atoms with E-state index in [4.69, 9.17) is 13.9 Å². The number of methoxy groups -OCH3 is 2. The van der Waals surface area contributed by atoms with Gasteiger partial charge < -0.3 is 19.0 Å². The third-order valence-corrected chi connectivity index (χ3v) is 4.43. The second-order valence-electron chi connectivity index (χ2n) is 5.01. The Balaban J connectivity index is 2.04. The van der Waals surface area contributed by atoms with Crippen LogP contribution in [0.25, 0.3) is 11.0 Å². The minimum Gasteiger partial charge on any atom is -0.504 e. The lowest BCUT2D eigenvalue weighted by Crippen LogP contribution is -2.05. The molecule has 0 bridgehead atoms. The monoisotopic (exact) mass is 332 g/mol. The number of phenolic OH excluding ortho intramolecular Hbond substituents is 1. The third kappa shape index (κ3) is 2.66. The Labute approximate surface area is 137 Å². The molecule has 0 unspecified atom stereocenters. The van der Waals surface area contributed by atoms with Gasteiger partial charge in [0.15, 0.2) is 17.1 Å². The van der Waals surface area contributed by atoms with Gasteiger partial charge in [-0.05, 0) is 34.9 Å². The Morgan fingerprint density at radius 1 is 1.26 bits per heavy atom. The normalized spacial score (nSPS) is 10.9. The van der Waals surface area contributed by atoms with Crippen molar-refractivity contribution in [3.63, 3.8) is 0 Å². The van der Waals surface area contributed by atoms with Crippen LogP contribution in [0.4, 0.5) is 0 Å². The molecule has 120 valence electrons. The van der Waals surface area contributed by atoms with Crippen LogP contribution in [0.1, 0.15) is 22.3 Å². The molecule has 0 aliphatic carbocycles. The summed E-state index contributed by atoms with van der Waals surface area (Å²) in [6.07, 6.45) is 2.35. The lowest BCUT2D eigenvalue weighted by Gasteiger charge is -2.14. The lowest BCUT2D eigenvalue weighted by molar-refractivity contribution is 0.0977. The van der Waals surface area contributed by atoms with Crippen molar-refractivity contribution >= 4 is 28.1 Å². The van der Waals surface area contributed by atoms with Crippen LogP contribution in [0.15, 0.2) is 33.6 Å². The van der Waals surface area contributed by atoms with Crippen molar-refractivity contribution in [3.05, 3.63) is 40.3 Å². The second-order valence-corrected chi connectivity index (χ2v) is 5.79. The van der Waals surface area contributed by atoms with Gasteiger partial charge in [0.05, 0.1) is 25.9 Å². The zero-order valence-corrected chi connectivity index (χ0v) is 13.6. The summed E-state index contributed by atoms with van der Waals surface area (Å²) in [7, 11) is 2.88. The fourth-order valence-electron chi connectivity index (χ4n) is 2.61. The van der Waals surface area contributed by atoms with Gasteiger partial charge in [-0.25, -0.2) is 0 Å². The Bertz CT molecular complexity index is 832. The molecule has 0 atom stereocenters. The first-order valence-corrected chi connectivity index (χ1v) is 8.00. The predicted molar refractivity (Wildman–Crippen MR) is 88.0 cm³/mol. The number of carbonyl (C=O) groups excluding carboxylic acids is 1. The summed E-state index contributed by atoms with van der Waals surface area (Å²) in [4.78, 5) is 12.7. The number of ketones is 1. The molecule has 23 heavy (non-hydrogen) atoms. The van der Waals surface area contributed by atoms with Gasteiger partial charge in [0.1, 0.15) is 11.3 Å². The average molecular weight is 332 g/mol. The van der Waals surface area contributed by atoms with E-state index >= 15 is 0 Å². The molecule has 0 radical (unpaired) electrons. The highest BCUT2D eigenvalue weighted by molar-refractivity contribution is 7.07. The molecule has 0 fully saturated rings. The third-order valence-electron chi connectivity index (χ3n) is 3.70. The molecule has 6 heteroatoms. The fraction of sp³-hybridized carbons (Fsp3) is 0.235. The number of carbonyl (C=O) groups is 1. The summed E-state index contributed by atoms with van der Waals surface area (Å²) >= 11 is 1.59. The summed E-state index contributed by atoms with van der Waals surface area (Å²) in [5, 5.41) is 15.0. The minimum atomic E-state index is -0.248. The highest BCUT2D eigenvalue weighted by Crippen LogP contribution is 2.46. The Hall–Kier alpha value is -2.47. The smallest absolute Gasteiger partial charge is 0.205 e. The van der Waals surface area contributed by atoms with Gasteiger partial charge in [-0.15, -0.1) is 0 Å². The van der Waals surface area contributed by atoms with Gasteiger partial charge in [0.2, 0.25) is 5.75 Å².